The molecule has 0 bridgehead atoms. The third kappa shape index (κ3) is 4.47. The smallest absolute Gasteiger partial charge is 0.253 e. The fraction of sp³-hybridized carbons (Fsp3) is 0.107. The predicted molar refractivity (Wildman–Crippen MR) is 140 cm³/mol. The van der Waals surface area contributed by atoms with E-state index in [4.69, 9.17) is 0 Å². The molecule has 2 aromatic heterocycles. The number of thiophene rings is 1. The summed E-state index contributed by atoms with van der Waals surface area (Å²) in [4.78, 5) is 25.7. The average molecular weight is 482 g/mol. The van der Waals surface area contributed by atoms with Crippen molar-refractivity contribution >= 4 is 39.2 Å². The molecule has 1 amide bonds. The molecule has 3 aromatic carbocycles. The van der Waals surface area contributed by atoms with Crippen molar-refractivity contribution in [3.8, 4) is 0 Å². The summed E-state index contributed by atoms with van der Waals surface area (Å²) in [6.07, 6.45) is 1.60. The first kappa shape index (κ1) is 22.3. The summed E-state index contributed by atoms with van der Waals surface area (Å²) in [6.45, 7) is 4.20. The number of amides is 1. The predicted octanol–water partition coefficient (Wildman–Crippen LogP) is 6.98. The zero-order chi connectivity index (χ0) is 23.5. The molecule has 168 valence electrons. The Kier molecular flexibility index (Phi) is 6.43. The molecule has 4 nitrogen and oxygen atoms in total. The van der Waals surface area contributed by atoms with Crippen LogP contribution < -0.4 is 5.32 Å². The van der Waals surface area contributed by atoms with Gasteiger partial charge < -0.3 is 5.32 Å². The monoisotopic (exact) mass is 481 g/mol. The first-order chi connectivity index (χ1) is 16.6. The molecule has 0 unspecified atom stereocenters. The summed E-state index contributed by atoms with van der Waals surface area (Å²) in [5, 5.41) is 5.20. The van der Waals surface area contributed by atoms with Crippen LogP contribution in [0, 0.1) is 13.8 Å². The van der Waals surface area contributed by atoms with Gasteiger partial charge in [0.25, 0.3) is 5.91 Å². The van der Waals surface area contributed by atoms with Crippen LogP contribution in [0.5, 0.6) is 0 Å². The van der Waals surface area contributed by atoms with E-state index in [2.05, 4.69) is 29.1 Å². The van der Waals surface area contributed by atoms with Crippen LogP contribution in [0.4, 0.5) is 0 Å². The van der Waals surface area contributed by atoms with Crippen LogP contribution >= 0.6 is 23.1 Å². The van der Waals surface area contributed by atoms with Gasteiger partial charge in [0.15, 0.2) is 0 Å². The Bertz CT molecular complexity index is 1410. The summed E-state index contributed by atoms with van der Waals surface area (Å²) in [7, 11) is 0. The quantitative estimate of drug-likeness (QED) is 0.266. The molecule has 5 aromatic rings. The zero-order valence-electron chi connectivity index (χ0n) is 18.9. The summed E-state index contributed by atoms with van der Waals surface area (Å²) >= 11 is 3.19. The molecule has 1 N–H and O–H groups in total. The van der Waals surface area contributed by atoms with Crippen molar-refractivity contribution in [2.75, 3.05) is 0 Å². The Morgan fingerprint density at radius 2 is 1.47 bits per heavy atom. The van der Waals surface area contributed by atoms with E-state index in [-0.39, 0.29) is 11.9 Å². The van der Waals surface area contributed by atoms with Crippen molar-refractivity contribution in [1.29, 1.82) is 0 Å². The van der Waals surface area contributed by atoms with Gasteiger partial charge in [0, 0.05) is 15.2 Å². The molecule has 34 heavy (non-hydrogen) atoms. The molecular formula is C28H23N3OS2. The van der Waals surface area contributed by atoms with Gasteiger partial charge in [-0.1, -0.05) is 84.6 Å². The van der Waals surface area contributed by atoms with Gasteiger partial charge in [0.05, 0.1) is 11.6 Å². The molecule has 2 heterocycles. The first-order valence-corrected chi connectivity index (χ1v) is 12.6. The lowest BCUT2D eigenvalue weighted by atomic mass is 9.98. The fourth-order valence-electron chi connectivity index (χ4n) is 3.93. The lowest BCUT2D eigenvalue weighted by Crippen LogP contribution is -2.29. The maximum atomic E-state index is 13.6. The second-order valence-electron chi connectivity index (χ2n) is 7.97. The van der Waals surface area contributed by atoms with Gasteiger partial charge in [-0.3, -0.25) is 4.79 Å². The minimum absolute atomic E-state index is 0.121. The van der Waals surface area contributed by atoms with Crippen molar-refractivity contribution < 1.29 is 4.79 Å². The van der Waals surface area contributed by atoms with Gasteiger partial charge in [0.2, 0.25) is 0 Å². The highest BCUT2D eigenvalue weighted by Gasteiger charge is 2.21. The Labute approximate surface area is 207 Å². The fourth-order valence-corrected chi connectivity index (χ4v) is 6.07. The van der Waals surface area contributed by atoms with E-state index >= 15 is 0 Å². The van der Waals surface area contributed by atoms with E-state index in [9.17, 15) is 4.79 Å². The van der Waals surface area contributed by atoms with E-state index in [0.29, 0.717) is 5.56 Å². The summed E-state index contributed by atoms with van der Waals surface area (Å²) in [6, 6.07) is 27.5. The van der Waals surface area contributed by atoms with E-state index in [1.807, 2.05) is 84.9 Å². The molecule has 0 saturated heterocycles. The lowest BCUT2D eigenvalue weighted by Gasteiger charge is -2.21. The van der Waals surface area contributed by atoms with E-state index in [1.54, 1.807) is 17.7 Å². The highest BCUT2D eigenvalue weighted by molar-refractivity contribution is 7.99. The van der Waals surface area contributed by atoms with Gasteiger partial charge in [-0.05, 0) is 42.7 Å². The molecule has 0 saturated carbocycles. The number of hydrogen-bond donors (Lipinski definition) is 1. The minimum Gasteiger partial charge on any atom is -0.341 e. The minimum atomic E-state index is -0.250. The van der Waals surface area contributed by atoms with Crippen LogP contribution in [-0.4, -0.2) is 15.9 Å². The number of nitrogens with one attached hydrogen (secondary N) is 1. The summed E-state index contributed by atoms with van der Waals surface area (Å²) < 4.78 is 0. The van der Waals surface area contributed by atoms with Crippen LogP contribution in [0.2, 0.25) is 0 Å². The Hall–Kier alpha value is -3.48. The van der Waals surface area contributed by atoms with Crippen molar-refractivity contribution in [2.45, 2.75) is 29.8 Å². The number of aromatic nitrogens is 2. The van der Waals surface area contributed by atoms with Gasteiger partial charge in [0.1, 0.15) is 16.2 Å². The number of fused-ring (bicyclic) bond motifs is 1. The third-order valence-electron chi connectivity index (χ3n) is 5.81. The molecule has 0 aliphatic rings. The molecule has 0 aliphatic heterocycles. The molecule has 5 rings (SSSR count). The van der Waals surface area contributed by atoms with Crippen LogP contribution in [0.15, 0.2) is 101 Å². The number of nitrogens with zero attached hydrogens (tertiary/aromatic N) is 2. The van der Waals surface area contributed by atoms with Crippen LogP contribution in [0.1, 0.15) is 38.0 Å². The molecular weight excluding hydrogens is 458 g/mol. The van der Waals surface area contributed by atoms with Gasteiger partial charge in [-0.15, -0.1) is 11.3 Å². The molecule has 0 atom stereocenters. The molecule has 0 radical (unpaired) electrons. The lowest BCUT2D eigenvalue weighted by molar-refractivity contribution is 0.0940. The van der Waals surface area contributed by atoms with E-state index < -0.39 is 0 Å². The number of rotatable bonds is 6. The standard InChI is InChI=1S/C28H23N3OS2/c1-18-19(2)33-27-24(18)28(30-17-29-27)34-23-16-10-9-15-22(23)26(32)31-25(20-11-5-3-6-12-20)21-13-7-4-8-14-21/h3-17,25H,1-2H3,(H,31,32). The van der Waals surface area contributed by atoms with Crippen LogP contribution in [0.3, 0.4) is 0 Å². The second-order valence-corrected chi connectivity index (χ2v) is 10.2. The van der Waals surface area contributed by atoms with Gasteiger partial charge in [-0.25, -0.2) is 9.97 Å². The van der Waals surface area contributed by atoms with Crippen molar-refractivity contribution in [3.05, 3.63) is 118 Å². The number of carbonyl (C=O) groups excluding carboxylic acids is 1. The number of hydrogen-bond acceptors (Lipinski definition) is 5. The Balaban J connectivity index is 1.49. The summed E-state index contributed by atoms with van der Waals surface area (Å²) in [5.74, 6) is -0.121. The third-order valence-corrected chi connectivity index (χ3v) is 8.00. The number of aryl methyl sites for hydroxylation is 2. The molecule has 0 aliphatic carbocycles. The molecule has 0 spiro atoms. The largest absolute Gasteiger partial charge is 0.341 e. The molecule has 6 heteroatoms. The van der Waals surface area contributed by atoms with Gasteiger partial charge in [-0.2, -0.15) is 0 Å². The summed E-state index contributed by atoms with van der Waals surface area (Å²) in [5.41, 5.74) is 3.89. The topological polar surface area (TPSA) is 54.9 Å². The second kappa shape index (κ2) is 9.79. The zero-order valence-corrected chi connectivity index (χ0v) is 20.5. The normalized spacial score (nSPS) is 11.1. The Morgan fingerprint density at radius 3 is 2.15 bits per heavy atom. The Morgan fingerprint density at radius 1 is 0.853 bits per heavy atom. The van der Waals surface area contributed by atoms with Crippen LogP contribution in [0.25, 0.3) is 10.2 Å². The number of benzene rings is 3. The van der Waals surface area contributed by atoms with Crippen molar-refractivity contribution in [1.82, 2.24) is 15.3 Å². The van der Waals surface area contributed by atoms with E-state index in [1.165, 1.54) is 22.2 Å². The van der Waals surface area contributed by atoms with E-state index in [0.717, 1.165) is 31.3 Å². The first-order valence-electron chi connectivity index (χ1n) is 11.0. The maximum Gasteiger partial charge on any atom is 0.253 e. The van der Waals surface area contributed by atoms with Crippen molar-refractivity contribution in [3.63, 3.8) is 0 Å². The highest BCUT2D eigenvalue weighted by Crippen LogP contribution is 2.38. The van der Waals surface area contributed by atoms with Gasteiger partial charge >= 0.3 is 0 Å². The highest BCUT2D eigenvalue weighted by atomic mass is 32.2. The van der Waals surface area contributed by atoms with Crippen LogP contribution in [-0.2, 0) is 0 Å². The average Bonchev–Trinajstić information content (AvgIpc) is 3.18. The maximum absolute atomic E-state index is 13.6. The molecule has 0 fully saturated rings. The SMILES string of the molecule is Cc1sc2ncnc(Sc3ccccc3C(=O)NC(c3ccccc3)c3ccccc3)c2c1C. The van der Waals surface area contributed by atoms with Crippen molar-refractivity contribution in [2.24, 2.45) is 0 Å². The number of carbonyl (C=O) groups is 1.